The minimum atomic E-state index is -0.198. The average Bonchev–Trinajstić information content (AvgIpc) is 2.98. The van der Waals surface area contributed by atoms with Crippen molar-refractivity contribution in [2.75, 3.05) is 0 Å². The van der Waals surface area contributed by atoms with Gasteiger partial charge in [0.05, 0.1) is 22.0 Å². The highest BCUT2D eigenvalue weighted by atomic mass is 32.1. The Morgan fingerprint density at radius 1 is 1.15 bits per heavy atom. The molecule has 0 aliphatic rings. The summed E-state index contributed by atoms with van der Waals surface area (Å²) in [4.78, 5) is 18.1. The van der Waals surface area contributed by atoms with Gasteiger partial charge in [-0.2, -0.15) is 9.78 Å². The monoisotopic (exact) mass is 363 g/mol. The molecule has 2 aromatic carbocycles. The van der Waals surface area contributed by atoms with Gasteiger partial charge in [-0.25, -0.2) is 4.98 Å². The third-order valence-corrected chi connectivity index (χ3v) is 5.27. The number of nitrogens with zero attached hydrogens (tertiary/aromatic N) is 3. The van der Waals surface area contributed by atoms with Gasteiger partial charge in [-0.05, 0) is 30.7 Å². The van der Waals surface area contributed by atoms with Crippen molar-refractivity contribution in [2.45, 2.75) is 19.8 Å². The summed E-state index contributed by atoms with van der Waals surface area (Å²) in [6.45, 7) is 2.03. The van der Waals surface area contributed by atoms with Gasteiger partial charge in [0.2, 0.25) is 0 Å². The van der Waals surface area contributed by atoms with E-state index >= 15 is 0 Å². The molecule has 0 saturated carbocycles. The second-order valence-corrected chi connectivity index (χ2v) is 7.05. The van der Waals surface area contributed by atoms with Crippen molar-refractivity contribution in [1.82, 2.24) is 9.66 Å². The number of hydrogen-bond donors (Lipinski definition) is 1. The van der Waals surface area contributed by atoms with Gasteiger partial charge in [-0.1, -0.05) is 31.2 Å². The largest absolute Gasteiger partial charge is 0.506 e. The van der Waals surface area contributed by atoms with Gasteiger partial charge in [0.1, 0.15) is 11.6 Å². The lowest BCUT2D eigenvalue weighted by Crippen LogP contribution is -2.22. The zero-order chi connectivity index (χ0) is 18.1. The van der Waals surface area contributed by atoms with Crippen LogP contribution in [0.1, 0.15) is 24.0 Å². The van der Waals surface area contributed by atoms with Crippen molar-refractivity contribution in [2.24, 2.45) is 5.10 Å². The van der Waals surface area contributed by atoms with Gasteiger partial charge in [0.15, 0.2) is 0 Å². The molecule has 0 bridgehead atoms. The van der Waals surface area contributed by atoms with E-state index in [1.165, 1.54) is 22.2 Å². The quantitative estimate of drug-likeness (QED) is 0.554. The molecule has 4 aromatic rings. The Kier molecular flexibility index (Phi) is 4.26. The molecule has 0 saturated heterocycles. The number of benzene rings is 2. The van der Waals surface area contributed by atoms with Crippen LogP contribution in [0.3, 0.4) is 0 Å². The van der Waals surface area contributed by atoms with Gasteiger partial charge in [-0.3, -0.25) is 4.79 Å². The van der Waals surface area contributed by atoms with Crippen molar-refractivity contribution >= 4 is 38.5 Å². The van der Waals surface area contributed by atoms with Gasteiger partial charge >= 0.3 is 0 Å². The lowest BCUT2D eigenvalue weighted by atomic mass is 10.2. The van der Waals surface area contributed by atoms with Crippen LogP contribution in [0, 0.1) is 0 Å². The molecular formula is C20H17N3O2S. The number of aryl methyl sites for hydroxylation is 1. The first-order valence-corrected chi connectivity index (χ1v) is 9.26. The number of thiophene rings is 1. The van der Waals surface area contributed by atoms with Crippen LogP contribution in [0.25, 0.3) is 21.0 Å². The van der Waals surface area contributed by atoms with Crippen LogP contribution in [-0.2, 0) is 6.42 Å². The highest BCUT2D eigenvalue weighted by Crippen LogP contribution is 2.35. The standard InChI is InChI=1S/C20H17N3O2S/c1-2-7-18-22-15-10-5-3-8-13(15)20(25)23(18)21-12-17-19(24)14-9-4-6-11-16(14)26-17/h3-6,8-12,24H,2,7H2,1H3/b21-12-. The van der Waals surface area contributed by atoms with Crippen molar-refractivity contribution in [3.8, 4) is 5.75 Å². The SMILES string of the molecule is CCCc1nc2ccccc2c(=O)n1/N=C\c1sc2ccccc2c1O. The maximum atomic E-state index is 12.9. The van der Waals surface area contributed by atoms with E-state index in [9.17, 15) is 9.90 Å². The summed E-state index contributed by atoms with van der Waals surface area (Å²) < 4.78 is 2.32. The summed E-state index contributed by atoms with van der Waals surface area (Å²) in [6, 6.07) is 14.9. The van der Waals surface area contributed by atoms with Gasteiger partial charge in [0.25, 0.3) is 5.56 Å². The molecule has 0 spiro atoms. The Balaban J connectivity index is 1.86. The number of para-hydroxylation sites is 1. The molecule has 0 unspecified atom stereocenters. The van der Waals surface area contributed by atoms with Crippen LogP contribution >= 0.6 is 11.3 Å². The van der Waals surface area contributed by atoms with E-state index < -0.39 is 0 Å². The normalized spacial score (nSPS) is 11.7. The molecule has 0 radical (unpaired) electrons. The number of aromatic nitrogens is 2. The predicted octanol–water partition coefficient (Wildman–Crippen LogP) is 4.15. The van der Waals surface area contributed by atoms with E-state index in [1.54, 1.807) is 6.07 Å². The van der Waals surface area contributed by atoms with E-state index in [0.29, 0.717) is 28.0 Å². The minimum absolute atomic E-state index is 0.188. The second-order valence-electron chi connectivity index (χ2n) is 5.97. The second kappa shape index (κ2) is 6.72. The molecule has 6 heteroatoms. The Labute approximate surface area is 153 Å². The number of rotatable bonds is 4. The molecule has 4 rings (SSSR count). The molecule has 2 heterocycles. The summed E-state index contributed by atoms with van der Waals surface area (Å²) in [6.07, 6.45) is 3.04. The summed E-state index contributed by atoms with van der Waals surface area (Å²) in [7, 11) is 0. The van der Waals surface area contributed by atoms with Crippen LogP contribution in [0.2, 0.25) is 0 Å². The fourth-order valence-electron chi connectivity index (χ4n) is 2.92. The Hall–Kier alpha value is -2.99. The third kappa shape index (κ3) is 2.78. The van der Waals surface area contributed by atoms with Gasteiger partial charge < -0.3 is 5.11 Å². The molecular weight excluding hydrogens is 346 g/mol. The Morgan fingerprint density at radius 2 is 1.88 bits per heavy atom. The number of hydrogen-bond acceptors (Lipinski definition) is 5. The maximum absolute atomic E-state index is 12.9. The third-order valence-electron chi connectivity index (χ3n) is 4.18. The molecule has 5 nitrogen and oxygen atoms in total. The van der Waals surface area contributed by atoms with Crippen molar-refractivity contribution in [3.63, 3.8) is 0 Å². The molecule has 2 aromatic heterocycles. The topological polar surface area (TPSA) is 67.5 Å². The number of aromatic hydroxyl groups is 1. The molecule has 0 aliphatic heterocycles. The van der Waals surface area contributed by atoms with Crippen LogP contribution in [-0.4, -0.2) is 21.0 Å². The van der Waals surface area contributed by atoms with Gasteiger partial charge in [0, 0.05) is 16.5 Å². The van der Waals surface area contributed by atoms with E-state index in [-0.39, 0.29) is 11.3 Å². The van der Waals surface area contributed by atoms with E-state index in [4.69, 9.17) is 0 Å². The lowest BCUT2D eigenvalue weighted by molar-refractivity contribution is 0.483. The molecule has 0 amide bonds. The predicted molar refractivity (Wildman–Crippen MR) is 106 cm³/mol. The van der Waals surface area contributed by atoms with Crippen molar-refractivity contribution in [1.29, 1.82) is 0 Å². The summed E-state index contributed by atoms with van der Waals surface area (Å²) in [5.41, 5.74) is 0.480. The molecule has 130 valence electrons. The first kappa shape index (κ1) is 16.5. The Morgan fingerprint density at radius 3 is 2.65 bits per heavy atom. The van der Waals surface area contributed by atoms with Crippen LogP contribution in [0.5, 0.6) is 5.75 Å². The molecule has 26 heavy (non-hydrogen) atoms. The lowest BCUT2D eigenvalue weighted by Gasteiger charge is -2.08. The van der Waals surface area contributed by atoms with Crippen LogP contribution < -0.4 is 5.56 Å². The molecule has 0 fully saturated rings. The first-order valence-electron chi connectivity index (χ1n) is 8.44. The molecule has 0 atom stereocenters. The average molecular weight is 363 g/mol. The molecule has 0 aliphatic carbocycles. The maximum Gasteiger partial charge on any atom is 0.282 e. The van der Waals surface area contributed by atoms with Crippen molar-refractivity contribution < 1.29 is 5.11 Å². The summed E-state index contributed by atoms with van der Waals surface area (Å²) >= 11 is 1.44. The fourth-order valence-corrected chi connectivity index (χ4v) is 3.89. The van der Waals surface area contributed by atoms with Crippen molar-refractivity contribution in [3.05, 3.63) is 69.6 Å². The van der Waals surface area contributed by atoms with Gasteiger partial charge in [-0.15, -0.1) is 11.3 Å². The summed E-state index contributed by atoms with van der Waals surface area (Å²) in [5, 5.41) is 16.1. The molecule has 1 N–H and O–H groups in total. The zero-order valence-electron chi connectivity index (χ0n) is 14.2. The van der Waals surface area contributed by atoms with E-state index in [0.717, 1.165) is 16.5 Å². The van der Waals surface area contributed by atoms with Crippen LogP contribution in [0.4, 0.5) is 0 Å². The van der Waals surface area contributed by atoms with E-state index in [2.05, 4.69) is 10.1 Å². The van der Waals surface area contributed by atoms with E-state index in [1.807, 2.05) is 49.4 Å². The highest BCUT2D eigenvalue weighted by molar-refractivity contribution is 7.21. The fraction of sp³-hybridized carbons (Fsp3) is 0.150. The summed E-state index contributed by atoms with van der Waals surface area (Å²) in [5.74, 6) is 0.807. The van der Waals surface area contributed by atoms with Crippen LogP contribution in [0.15, 0.2) is 58.4 Å². The Bertz CT molecular complexity index is 1190. The minimum Gasteiger partial charge on any atom is -0.506 e. The highest BCUT2D eigenvalue weighted by Gasteiger charge is 2.11. The first-order chi connectivity index (χ1) is 12.7. The number of fused-ring (bicyclic) bond motifs is 2. The smallest absolute Gasteiger partial charge is 0.282 e. The zero-order valence-corrected chi connectivity index (χ0v) is 15.0.